The van der Waals surface area contributed by atoms with Crippen molar-refractivity contribution in [3.8, 4) is 0 Å². The van der Waals surface area contributed by atoms with E-state index in [2.05, 4.69) is 20.9 Å². The standard InChI is InChI=1S/C20H27FN4O2/c1-3-22-20(25-13-9-16-7-4-5-8-17(16)21)24-12-6-11-23-19(26)18-15(2)10-14-27-18/h4-5,7-8,10,14H,3,6,9,11-13H2,1-2H3,(H,23,26)(H2,22,24,25). The molecule has 3 N–H and O–H groups in total. The Balaban J connectivity index is 1.70. The molecule has 146 valence electrons. The first kappa shape index (κ1) is 20.5. The van der Waals surface area contributed by atoms with E-state index in [0.29, 0.717) is 49.8 Å². The number of carbonyl (C=O) groups is 1. The van der Waals surface area contributed by atoms with Crippen LogP contribution >= 0.6 is 0 Å². The van der Waals surface area contributed by atoms with Crippen LogP contribution in [0.1, 0.15) is 35.0 Å². The van der Waals surface area contributed by atoms with Crippen LogP contribution < -0.4 is 16.0 Å². The Morgan fingerprint density at radius 3 is 2.67 bits per heavy atom. The Bertz CT molecular complexity index is 758. The van der Waals surface area contributed by atoms with E-state index < -0.39 is 0 Å². The number of amides is 1. The van der Waals surface area contributed by atoms with Gasteiger partial charge in [0.05, 0.1) is 6.26 Å². The van der Waals surface area contributed by atoms with Gasteiger partial charge in [-0.1, -0.05) is 18.2 Å². The highest BCUT2D eigenvalue weighted by molar-refractivity contribution is 5.92. The highest BCUT2D eigenvalue weighted by atomic mass is 19.1. The van der Waals surface area contributed by atoms with Gasteiger partial charge in [-0.15, -0.1) is 0 Å². The Morgan fingerprint density at radius 1 is 1.15 bits per heavy atom. The molecule has 0 unspecified atom stereocenters. The summed E-state index contributed by atoms with van der Waals surface area (Å²) in [5, 5.41) is 9.17. The molecule has 1 aromatic heterocycles. The summed E-state index contributed by atoms with van der Waals surface area (Å²) in [5.41, 5.74) is 1.50. The number of halogens is 1. The molecule has 0 saturated heterocycles. The van der Waals surface area contributed by atoms with E-state index in [4.69, 9.17) is 4.42 Å². The van der Waals surface area contributed by atoms with Crippen molar-refractivity contribution in [2.75, 3.05) is 26.2 Å². The SMILES string of the molecule is CCNC(=NCCCNC(=O)c1occc1C)NCCc1ccccc1F. The predicted octanol–water partition coefficient (Wildman–Crippen LogP) is 2.64. The van der Waals surface area contributed by atoms with Crippen molar-refractivity contribution in [1.29, 1.82) is 0 Å². The van der Waals surface area contributed by atoms with E-state index in [0.717, 1.165) is 12.1 Å². The molecule has 2 aromatic rings. The molecule has 0 atom stereocenters. The maximum Gasteiger partial charge on any atom is 0.287 e. The van der Waals surface area contributed by atoms with E-state index in [1.165, 1.54) is 12.3 Å². The number of carbonyl (C=O) groups excluding carboxylic acids is 1. The number of benzene rings is 1. The molecule has 0 aliphatic heterocycles. The second-order valence-corrected chi connectivity index (χ2v) is 6.07. The molecule has 1 aromatic carbocycles. The number of hydrogen-bond donors (Lipinski definition) is 3. The highest BCUT2D eigenvalue weighted by Crippen LogP contribution is 2.08. The molecule has 0 spiro atoms. The van der Waals surface area contributed by atoms with Gasteiger partial charge in [-0.2, -0.15) is 0 Å². The first-order chi connectivity index (χ1) is 13.1. The average molecular weight is 374 g/mol. The Labute approximate surface area is 159 Å². The van der Waals surface area contributed by atoms with E-state index in [-0.39, 0.29) is 11.7 Å². The summed E-state index contributed by atoms with van der Waals surface area (Å²) in [6, 6.07) is 8.52. The van der Waals surface area contributed by atoms with Crippen molar-refractivity contribution in [2.45, 2.75) is 26.7 Å². The molecule has 6 nitrogen and oxygen atoms in total. The van der Waals surface area contributed by atoms with Crippen molar-refractivity contribution in [1.82, 2.24) is 16.0 Å². The first-order valence-corrected chi connectivity index (χ1v) is 9.19. The molecule has 7 heteroatoms. The molecule has 2 rings (SSSR count). The van der Waals surface area contributed by atoms with Crippen LogP contribution in [0.25, 0.3) is 0 Å². The number of nitrogens with one attached hydrogen (secondary N) is 3. The fourth-order valence-electron chi connectivity index (χ4n) is 2.52. The van der Waals surface area contributed by atoms with Gasteiger partial charge >= 0.3 is 0 Å². The van der Waals surface area contributed by atoms with Crippen molar-refractivity contribution in [3.05, 3.63) is 59.3 Å². The van der Waals surface area contributed by atoms with E-state index in [1.807, 2.05) is 19.9 Å². The summed E-state index contributed by atoms with van der Waals surface area (Å²) in [4.78, 5) is 16.4. The van der Waals surface area contributed by atoms with E-state index >= 15 is 0 Å². The largest absolute Gasteiger partial charge is 0.459 e. The summed E-state index contributed by atoms with van der Waals surface area (Å²) >= 11 is 0. The molecular weight excluding hydrogens is 347 g/mol. The van der Waals surface area contributed by atoms with Gasteiger partial charge in [-0.25, -0.2) is 4.39 Å². The zero-order chi connectivity index (χ0) is 19.5. The second-order valence-electron chi connectivity index (χ2n) is 6.07. The first-order valence-electron chi connectivity index (χ1n) is 9.19. The van der Waals surface area contributed by atoms with Gasteiger partial charge < -0.3 is 20.4 Å². The van der Waals surface area contributed by atoms with Crippen molar-refractivity contribution >= 4 is 11.9 Å². The van der Waals surface area contributed by atoms with Crippen LogP contribution in [0.5, 0.6) is 0 Å². The maximum absolute atomic E-state index is 13.6. The number of furan rings is 1. The van der Waals surface area contributed by atoms with Gasteiger partial charge in [0.2, 0.25) is 0 Å². The third-order valence-corrected chi connectivity index (χ3v) is 3.95. The Kier molecular flexibility index (Phi) is 8.35. The monoisotopic (exact) mass is 374 g/mol. The van der Waals surface area contributed by atoms with Gasteiger partial charge in [0.25, 0.3) is 5.91 Å². The topological polar surface area (TPSA) is 78.7 Å². The molecule has 1 amide bonds. The summed E-state index contributed by atoms with van der Waals surface area (Å²) in [6.07, 6.45) is 2.79. The quantitative estimate of drug-likeness (QED) is 0.358. The van der Waals surface area contributed by atoms with Gasteiger partial charge in [0.15, 0.2) is 11.7 Å². The Hall–Kier alpha value is -2.83. The van der Waals surface area contributed by atoms with E-state index in [1.54, 1.807) is 18.2 Å². The highest BCUT2D eigenvalue weighted by Gasteiger charge is 2.11. The van der Waals surface area contributed by atoms with Crippen molar-refractivity contribution in [3.63, 3.8) is 0 Å². The van der Waals surface area contributed by atoms with Crippen LogP contribution in [0, 0.1) is 12.7 Å². The Morgan fingerprint density at radius 2 is 1.96 bits per heavy atom. The lowest BCUT2D eigenvalue weighted by Crippen LogP contribution is -2.38. The van der Waals surface area contributed by atoms with Gasteiger partial charge in [0.1, 0.15) is 5.82 Å². The lowest BCUT2D eigenvalue weighted by Gasteiger charge is -2.11. The molecular formula is C20H27FN4O2. The van der Waals surface area contributed by atoms with Crippen LogP contribution in [0.15, 0.2) is 46.0 Å². The molecule has 27 heavy (non-hydrogen) atoms. The minimum Gasteiger partial charge on any atom is -0.459 e. The van der Waals surface area contributed by atoms with Crippen LogP contribution in [-0.4, -0.2) is 38.0 Å². The smallest absolute Gasteiger partial charge is 0.287 e. The van der Waals surface area contributed by atoms with E-state index in [9.17, 15) is 9.18 Å². The molecule has 0 saturated carbocycles. The third-order valence-electron chi connectivity index (χ3n) is 3.95. The minimum atomic E-state index is -0.212. The lowest BCUT2D eigenvalue weighted by atomic mass is 10.1. The zero-order valence-corrected chi connectivity index (χ0v) is 15.8. The number of aryl methyl sites for hydroxylation is 1. The van der Waals surface area contributed by atoms with Crippen LogP contribution in [-0.2, 0) is 6.42 Å². The fourth-order valence-corrected chi connectivity index (χ4v) is 2.52. The molecule has 0 radical (unpaired) electrons. The molecule has 0 fully saturated rings. The van der Waals surface area contributed by atoms with Gasteiger partial charge in [0, 0.05) is 31.7 Å². The minimum absolute atomic E-state index is 0.191. The van der Waals surface area contributed by atoms with Gasteiger partial charge in [-0.05, 0) is 44.4 Å². The number of nitrogens with zero attached hydrogens (tertiary/aromatic N) is 1. The van der Waals surface area contributed by atoms with Gasteiger partial charge in [-0.3, -0.25) is 9.79 Å². The molecule has 1 heterocycles. The number of rotatable bonds is 9. The number of guanidine groups is 1. The lowest BCUT2D eigenvalue weighted by molar-refractivity contribution is 0.0925. The van der Waals surface area contributed by atoms with Crippen LogP contribution in [0.3, 0.4) is 0 Å². The summed E-state index contributed by atoms with van der Waals surface area (Å²) < 4.78 is 18.8. The zero-order valence-electron chi connectivity index (χ0n) is 15.8. The fraction of sp³-hybridized carbons (Fsp3) is 0.400. The van der Waals surface area contributed by atoms with Crippen LogP contribution in [0.4, 0.5) is 4.39 Å². The predicted molar refractivity (Wildman–Crippen MR) is 104 cm³/mol. The number of hydrogen-bond acceptors (Lipinski definition) is 3. The maximum atomic E-state index is 13.6. The van der Waals surface area contributed by atoms with Crippen LogP contribution in [0.2, 0.25) is 0 Å². The number of aliphatic imine (C=N–C) groups is 1. The normalized spacial score (nSPS) is 11.3. The molecule has 0 aliphatic rings. The summed E-state index contributed by atoms with van der Waals surface area (Å²) in [7, 11) is 0. The van der Waals surface area contributed by atoms with Crippen molar-refractivity contribution < 1.29 is 13.6 Å². The molecule has 0 bridgehead atoms. The third kappa shape index (κ3) is 6.77. The second kappa shape index (κ2) is 11.0. The molecule has 0 aliphatic carbocycles. The summed E-state index contributed by atoms with van der Waals surface area (Å²) in [6.45, 7) is 6.21. The summed E-state index contributed by atoms with van der Waals surface area (Å²) in [5.74, 6) is 0.629. The van der Waals surface area contributed by atoms with Crippen molar-refractivity contribution in [2.24, 2.45) is 4.99 Å². The average Bonchev–Trinajstić information content (AvgIpc) is 3.09.